The Morgan fingerprint density at radius 1 is 0.288 bits per heavy atom. The van der Waals surface area contributed by atoms with Gasteiger partial charge in [-0.1, -0.05) is 255 Å². The summed E-state index contributed by atoms with van der Waals surface area (Å²) >= 11 is 0. The average Bonchev–Trinajstić information content (AvgIpc) is 3.78. The van der Waals surface area contributed by atoms with Crippen LogP contribution < -0.4 is 0 Å². The first-order chi connectivity index (χ1) is 25.7. The minimum Gasteiger partial charge on any atom is -0.272 e. The van der Waals surface area contributed by atoms with E-state index in [0.29, 0.717) is 12.8 Å². The highest BCUT2D eigenvalue weighted by Crippen LogP contribution is 2.32. The Labute approximate surface area is 324 Å². The van der Waals surface area contributed by atoms with Gasteiger partial charge in [-0.2, -0.15) is 10.2 Å². The Kier molecular flexibility index (Phi) is 31.1. The molecule has 0 aliphatic carbocycles. The summed E-state index contributed by atoms with van der Waals surface area (Å²) in [6.07, 6.45) is 53.0. The van der Waals surface area contributed by atoms with Crippen LogP contribution in [0.5, 0.6) is 0 Å². The lowest BCUT2D eigenvalue weighted by Crippen LogP contribution is -2.73. The number of carbonyl (C=O) groups is 2. The number of carbonyl (C=O) groups excluding carboxylic acids is 2. The molecule has 2 amide bonds. The highest BCUT2D eigenvalue weighted by atomic mass is 16.4. The largest absolute Gasteiger partial charge is 0.272 e. The molecule has 0 aromatic rings. The molecule has 3 aliphatic heterocycles. The molecule has 6 heteroatoms. The van der Waals surface area contributed by atoms with Crippen LogP contribution in [0.25, 0.3) is 0 Å². The second-order valence-electron chi connectivity index (χ2n) is 16.8. The van der Waals surface area contributed by atoms with Gasteiger partial charge >= 0.3 is 0 Å². The molecule has 306 valence electrons. The van der Waals surface area contributed by atoms with Crippen molar-refractivity contribution < 1.29 is 9.59 Å². The van der Waals surface area contributed by atoms with E-state index >= 15 is 0 Å². The normalized spacial score (nSPS) is 16.6. The van der Waals surface area contributed by atoms with E-state index in [1.54, 1.807) is 10.2 Å². The zero-order chi connectivity index (χ0) is 37.2. The molecule has 0 unspecified atom stereocenters. The number of fused-ring (bicyclic) bond motifs is 1. The van der Waals surface area contributed by atoms with Crippen molar-refractivity contribution in [2.45, 2.75) is 271 Å². The van der Waals surface area contributed by atoms with Gasteiger partial charge in [-0.05, 0) is 12.8 Å². The lowest BCUT2D eigenvalue weighted by Gasteiger charge is -2.51. The summed E-state index contributed by atoms with van der Waals surface area (Å²) in [6.45, 7) is 6.08. The molecule has 0 aromatic heterocycles. The number of hydrogen-bond donors (Lipinski definition) is 0. The van der Waals surface area contributed by atoms with Gasteiger partial charge in [0.05, 0.1) is 13.1 Å². The molecule has 0 aromatic carbocycles. The molecule has 0 radical (unpaired) electrons. The minimum atomic E-state index is 0.150. The molecular weight excluding hydrogens is 641 g/mol. The molecule has 6 nitrogen and oxygen atoms in total. The van der Waals surface area contributed by atoms with Crippen molar-refractivity contribution in [1.82, 2.24) is 20.5 Å². The maximum absolute atomic E-state index is 12.9. The Bertz CT molecular complexity index is 748. The van der Waals surface area contributed by atoms with Crippen LogP contribution in [0.3, 0.4) is 0 Å². The van der Waals surface area contributed by atoms with Crippen LogP contribution in [0.1, 0.15) is 271 Å². The summed E-state index contributed by atoms with van der Waals surface area (Å²) < 4.78 is 0. The van der Waals surface area contributed by atoms with Crippen LogP contribution in [0.4, 0.5) is 0 Å². The van der Waals surface area contributed by atoms with Crippen LogP contribution in [0.15, 0.2) is 0 Å². The Morgan fingerprint density at radius 3 is 0.654 bits per heavy atom. The van der Waals surface area contributed by atoms with Crippen LogP contribution in [0, 0.1) is 0 Å². The van der Waals surface area contributed by atoms with Gasteiger partial charge < -0.3 is 0 Å². The zero-order valence-electron chi connectivity index (χ0n) is 35.3. The monoisotopic (exact) mass is 731 g/mol. The van der Waals surface area contributed by atoms with Gasteiger partial charge in [0, 0.05) is 12.8 Å². The Hall–Kier alpha value is -1.14. The fraction of sp³-hybridized carbons (Fsp3) is 0.957. The van der Waals surface area contributed by atoms with Gasteiger partial charge in [0.25, 0.3) is 11.8 Å². The third-order valence-corrected chi connectivity index (χ3v) is 11.8. The van der Waals surface area contributed by atoms with Crippen LogP contribution in [-0.4, -0.2) is 45.4 Å². The van der Waals surface area contributed by atoms with Crippen LogP contribution in [-0.2, 0) is 9.59 Å². The Morgan fingerprint density at radius 2 is 0.462 bits per heavy atom. The van der Waals surface area contributed by atoms with E-state index in [9.17, 15) is 9.59 Å². The predicted molar refractivity (Wildman–Crippen MR) is 223 cm³/mol. The third-order valence-electron chi connectivity index (χ3n) is 11.8. The first kappa shape index (κ1) is 47.0. The summed E-state index contributed by atoms with van der Waals surface area (Å²) in [4.78, 5) is 25.8. The second kappa shape index (κ2) is 34.4. The smallest absolute Gasteiger partial charge is 0.254 e. The molecule has 0 spiro atoms. The SMILES string of the molecule is CCCCCCCCCCCCCCCCCCCCCC(=O)N1N2CCN1N2C(=O)CCCCCCCCCCCCCCCCCCCCC. The van der Waals surface area contributed by atoms with Gasteiger partial charge in [-0.25, -0.2) is 0 Å². The molecule has 3 fully saturated rings. The molecule has 2 bridgehead atoms. The van der Waals surface area contributed by atoms with E-state index in [2.05, 4.69) is 13.8 Å². The first-order valence-electron chi connectivity index (χ1n) is 23.9. The van der Waals surface area contributed by atoms with Crippen molar-refractivity contribution in [3.8, 4) is 0 Å². The van der Waals surface area contributed by atoms with Crippen molar-refractivity contribution in [1.29, 1.82) is 0 Å². The van der Waals surface area contributed by atoms with E-state index in [1.165, 1.54) is 218 Å². The fourth-order valence-electron chi connectivity index (χ4n) is 8.35. The standard InChI is InChI=1S/C46H90N4O2/c1-3-5-7-9-11-13-15-17-19-21-23-25-27-29-31-33-35-37-39-41-45(51)49-47-43-44-48(49)50(47)46(52)42-40-38-36-34-32-30-28-26-24-22-20-18-16-14-12-10-8-6-4-2/h3-44H2,1-2H3. The maximum atomic E-state index is 12.9. The summed E-state index contributed by atoms with van der Waals surface area (Å²) in [7, 11) is 0. The number of hydrogen-bond acceptors (Lipinski definition) is 4. The molecule has 0 saturated carbocycles. The number of hydrazine groups is 4. The lowest BCUT2D eigenvalue weighted by atomic mass is 10.0. The van der Waals surface area contributed by atoms with Crippen LogP contribution >= 0.6 is 0 Å². The maximum Gasteiger partial charge on any atom is 0.254 e. The topological polar surface area (TPSA) is 47.1 Å². The molecule has 52 heavy (non-hydrogen) atoms. The second-order valence-corrected chi connectivity index (χ2v) is 16.8. The van der Waals surface area contributed by atoms with Gasteiger partial charge in [0.15, 0.2) is 0 Å². The molecule has 3 heterocycles. The number of amides is 2. The van der Waals surface area contributed by atoms with E-state index in [0.717, 1.165) is 38.8 Å². The van der Waals surface area contributed by atoms with E-state index in [-0.39, 0.29) is 11.8 Å². The van der Waals surface area contributed by atoms with Crippen molar-refractivity contribution in [2.75, 3.05) is 13.1 Å². The average molecular weight is 731 g/mol. The van der Waals surface area contributed by atoms with Crippen molar-refractivity contribution in [3.05, 3.63) is 0 Å². The fourth-order valence-corrected chi connectivity index (χ4v) is 8.35. The van der Waals surface area contributed by atoms with Gasteiger partial charge in [0.2, 0.25) is 0 Å². The van der Waals surface area contributed by atoms with Crippen molar-refractivity contribution in [2.24, 2.45) is 0 Å². The van der Waals surface area contributed by atoms with Crippen LogP contribution in [0.2, 0.25) is 0 Å². The number of nitrogens with zero attached hydrogens (tertiary/aromatic N) is 4. The molecule has 3 aliphatic rings. The summed E-state index contributed by atoms with van der Waals surface area (Å²) in [5.74, 6) is 0.300. The van der Waals surface area contributed by atoms with E-state index in [1.807, 2.05) is 10.2 Å². The molecule has 0 N–H and O–H groups in total. The summed E-state index contributed by atoms with van der Waals surface area (Å²) in [5, 5.41) is 7.19. The quantitative estimate of drug-likeness (QED) is 0.0589. The van der Waals surface area contributed by atoms with Gasteiger partial charge in [-0.15, -0.1) is 0 Å². The highest BCUT2D eigenvalue weighted by Gasteiger charge is 2.54. The van der Waals surface area contributed by atoms with Crippen molar-refractivity contribution in [3.63, 3.8) is 0 Å². The Balaban J connectivity index is 1.30. The zero-order valence-corrected chi connectivity index (χ0v) is 35.3. The van der Waals surface area contributed by atoms with Gasteiger partial charge in [-0.3, -0.25) is 9.59 Å². The van der Waals surface area contributed by atoms with Crippen molar-refractivity contribution >= 4 is 11.8 Å². The highest BCUT2D eigenvalue weighted by molar-refractivity contribution is 5.80. The van der Waals surface area contributed by atoms with E-state index in [4.69, 9.17) is 0 Å². The third kappa shape index (κ3) is 22.9. The van der Waals surface area contributed by atoms with E-state index < -0.39 is 0 Å². The minimum absolute atomic E-state index is 0.150. The molecule has 3 saturated heterocycles. The number of unbranched alkanes of at least 4 members (excludes halogenated alkanes) is 36. The first-order valence-corrected chi connectivity index (χ1v) is 23.9. The summed E-state index contributed by atoms with van der Waals surface area (Å²) in [5.41, 5.74) is 0. The molecular formula is C46H90N4O2. The molecule has 0 atom stereocenters. The van der Waals surface area contributed by atoms with Gasteiger partial charge in [0.1, 0.15) is 0 Å². The molecule has 3 rings (SSSR count). The lowest BCUT2D eigenvalue weighted by molar-refractivity contribution is -0.411. The number of rotatable bonds is 40. The summed E-state index contributed by atoms with van der Waals surface area (Å²) in [6, 6.07) is 0. The predicted octanol–water partition coefficient (Wildman–Crippen LogP) is 14.6.